The summed E-state index contributed by atoms with van der Waals surface area (Å²) in [6.07, 6.45) is 7.54. The molecule has 0 radical (unpaired) electrons. The van der Waals surface area contributed by atoms with Crippen molar-refractivity contribution in [2.24, 2.45) is 0 Å². The number of rotatable bonds is 2. The van der Waals surface area contributed by atoms with Crippen LogP contribution < -0.4 is 0 Å². The van der Waals surface area contributed by atoms with Crippen molar-refractivity contribution in [2.75, 3.05) is 0 Å². The highest BCUT2D eigenvalue weighted by atomic mass is 28.4. The Hall–Kier alpha value is -1.64. The minimum Gasteiger partial charge on any atom is -0.428 e. The lowest BCUT2D eigenvalue weighted by Gasteiger charge is -2.20. The molecule has 0 fully saturated rings. The fourth-order valence-electron chi connectivity index (χ4n) is 3.33. The van der Waals surface area contributed by atoms with Crippen LogP contribution in [0.5, 0.6) is 0 Å². The van der Waals surface area contributed by atoms with Gasteiger partial charge < -0.3 is 4.80 Å². The van der Waals surface area contributed by atoms with Gasteiger partial charge in [-0.25, -0.2) is 0 Å². The molecule has 0 heterocycles. The van der Waals surface area contributed by atoms with Gasteiger partial charge in [0, 0.05) is 0 Å². The zero-order chi connectivity index (χ0) is 15.2. The zero-order valence-electron chi connectivity index (χ0n) is 13.2. The molecule has 2 aliphatic rings. The minimum absolute atomic E-state index is 0.933. The highest BCUT2D eigenvalue weighted by molar-refractivity contribution is 6.78. The molecule has 0 saturated carbocycles. The van der Waals surface area contributed by atoms with Crippen LogP contribution >= 0.6 is 0 Å². The topological polar surface area (TPSA) is 20.2 Å². The van der Waals surface area contributed by atoms with Gasteiger partial charge in [-0.05, 0) is 72.5 Å². The summed E-state index contributed by atoms with van der Waals surface area (Å²) in [7, 11) is -2.29. The van der Waals surface area contributed by atoms with E-state index in [1.807, 2.05) is 13.1 Å². The molecule has 0 unspecified atom stereocenters. The van der Waals surface area contributed by atoms with Crippen molar-refractivity contribution in [3.8, 4) is 0 Å². The van der Waals surface area contributed by atoms with Crippen LogP contribution in [0.4, 0.5) is 0 Å². The van der Waals surface area contributed by atoms with Gasteiger partial charge in [-0.1, -0.05) is 42.0 Å². The second-order valence-corrected chi connectivity index (χ2v) is 10.2. The third kappa shape index (κ3) is 2.39. The van der Waals surface area contributed by atoms with E-state index in [0.29, 0.717) is 0 Å². The summed E-state index contributed by atoms with van der Waals surface area (Å²) >= 11 is 0. The first-order valence-corrected chi connectivity index (χ1v) is 10.5. The van der Waals surface area contributed by atoms with Crippen molar-refractivity contribution in [2.45, 2.75) is 33.4 Å². The highest BCUT2D eigenvalue weighted by Gasteiger charge is 2.31. The molecule has 1 nitrogen and oxygen atoms in total. The predicted molar refractivity (Wildman–Crippen MR) is 93.2 cm³/mol. The van der Waals surface area contributed by atoms with Crippen LogP contribution in [0.3, 0.4) is 0 Å². The molecule has 21 heavy (non-hydrogen) atoms. The normalized spacial score (nSPS) is 17.4. The molecular weight excluding hydrogens is 272 g/mol. The van der Waals surface area contributed by atoms with Crippen LogP contribution in [-0.2, 0) is 0 Å². The lowest BCUT2D eigenvalue weighted by molar-refractivity contribution is 0.563. The molecule has 2 heteroatoms. The third-order valence-corrected chi connectivity index (χ3v) is 6.00. The molecule has 0 amide bonds. The standard InChI is InChI=1S/C19H22OSi/c1-13(2)19-15-9-6-5-8-14(15)12-17(19)16-10-7-11-18(16)21(3,4)20/h5-9,11-12,20H,10H2,1-4H3. The molecule has 0 saturated heterocycles. The van der Waals surface area contributed by atoms with E-state index in [4.69, 9.17) is 0 Å². The molecule has 3 rings (SSSR count). The summed E-state index contributed by atoms with van der Waals surface area (Å²) in [4.78, 5) is 10.6. The summed E-state index contributed by atoms with van der Waals surface area (Å²) in [6, 6.07) is 8.57. The molecule has 0 bridgehead atoms. The molecule has 1 aromatic rings. The largest absolute Gasteiger partial charge is 0.428 e. The van der Waals surface area contributed by atoms with E-state index in [2.05, 4.69) is 56.3 Å². The van der Waals surface area contributed by atoms with E-state index >= 15 is 0 Å². The molecule has 1 aromatic carbocycles. The number of fused-ring (bicyclic) bond motifs is 1. The maximum Gasteiger partial charge on any atom is 0.214 e. The van der Waals surface area contributed by atoms with Crippen LogP contribution in [-0.4, -0.2) is 13.1 Å². The van der Waals surface area contributed by atoms with E-state index < -0.39 is 8.32 Å². The van der Waals surface area contributed by atoms with Crippen LogP contribution in [0.2, 0.25) is 13.1 Å². The Bertz CT molecular complexity index is 720. The van der Waals surface area contributed by atoms with Gasteiger partial charge in [0.25, 0.3) is 0 Å². The average molecular weight is 294 g/mol. The Morgan fingerprint density at radius 2 is 1.86 bits per heavy atom. The summed E-state index contributed by atoms with van der Waals surface area (Å²) < 4.78 is 0. The molecule has 1 N–H and O–H groups in total. The van der Waals surface area contributed by atoms with E-state index in [1.165, 1.54) is 38.6 Å². The van der Waals surface area contributed by atoms with Crippen LogP contribution in [0.15, 0.2) is 58.3 Å². The van der Waals surface area contributed by atoms with Crippen molar-refractivity contribution in [3.63, 3.8) is 0 Å². The maximum absolute atomic E-state index is 10.6. The highest BCUT2D eigenvalue weighted by Crippen LogP contribution is 2.45. The lowest BCUT2D eigenvalue weighted by atomic mass is 9.93. The summed E-state index contributed by atoms with van der Waals surface area (Å²) in [5, 5.41) is 1.18. The van der Waals surface area contributed by atoms with Gasteiger partial charge in [-0.15, -0.1) is 0 Å². The third-order valence-electron chi connectivity index (χ3n) is 4.22. The van der Waals surface area contributed by atoms with E-state index in [-0.39, 0.29) is 0 Å². The Morgan fingerprint density at radius 3 is 2.52 bits per heavy atom. The Balaban J connectivity index is 2.19. The van der Waals surface area contributed by atoms with E-state index in [0.717, 1.165) is 6.42 Å². The summed E-state index contributed by atoms with van der Waals surface area (Å²) in [5.41, 5.74) is 7.93. The molecule has 108 valence electrons. The maximum atomic E-state index is 10.6. The van der Waals surface area contributed by atoms with Gasteiger partial charge in [0.2, 0.25) is 8.32 Å². The van der Waals surface area contributed by atoms with Gasteiger partial charge in [-0.3, -0.25) is 0 Å². The van der Waals surface area contributed by atoms with Crippen molar-refractivity contribution in [1.29, 1.82) is 0 Å². The van der Waals surface area contributed by atoms with Gasteiger partial charge in [0.15, 0.2) is 0 Å². The van der Waals surface area contributed by atoms with E-state index in [9.17, 15) is 4.80 Å². The molecule has 0 atom stereocenters. The second-order valence-electron chi connectivity index (χ2n) is 6.58. The first-order chi connectivity index (χ1) is 9.89. The summed E-state index contributed by atoms with van der Waals surface area (Å²) in [5.74, 6) is 0. The number of benzene rings is 1. The van der Waals surface area contributed by atoms with Crippen LogP contribution in [0.25, 0.3) is 11.6 Å². The molecule has 0 spiro atoms. The van der Waals surface area contributed by atoms with Crippen molar-refractivity contribution in [3.05, 3.63) is 69.5 Å². The Kier molecular flexibility index (Phi) is 3.38. The lowest BCUT2D eigenvalue weighted by Crippen LogP contribution is -2.28. The van der Waals surface area contributed by atoms with Crippen molar-refractivity contribution >= 4 is 20.0 Å². The monoisotopic (exact) mass is 294 g/mol. The van der Waals surface area contributed by atoms with Crippen molar-refractivity contribution < 1.29 is 4.80 Å². The number of allylic oxidation sites excluding steroid dienone is 7. The molecule has 2 aliphatic carbocycles. The SMILES string of the molecule is CC(C)=C1C(C2=C([Si](C)(C)O)C=CC2)=Cc2ccccc21. The van der Waals surface area contributed by atoms with Gasteiger partial charge in [-0.2, -0.15) is 0 Å². The number of hydrogen-bond donors (Lipinski definition) is 1. The van der Waals surface area contributed by atoms with Gasteiger partial charge in [0.05, 0.1) is 0 Å². The molecule has 0 aliphatic heterocycles. The van der Waals surface area contributed by atoms with Gasteiger partial charge in [0.1, 0.15) is 0 Å². The Labute approximate surface area is 128 Å². The first kappa shape index (κ1) is 14.3. The predicted octanol–water partition coefficient (Wildman–Crippen LogP) is 4.87. The van der Waals surface area contributed by atoms with Gasteiger partial charge >= 0.3 is 0 Å². The quantitative estimate of drug-likeness (QED) is 0.772. The van der Waals surface area contributed by atoms with Crippen LogP contribution in [0, 0.1) is 0 Å². The van der Waals surface area contributed by atoms with Crippen molar-refractivity contribution in [1.82, 2.24) is 0 Å². The smallest absolute Gasteiger partial charge is 0.214 e. The molecule has 0 aromatic heterocycles. The fourth-order valence-corrected chi connectivity index (χ4v) is 4.83. The number of hydrogen-bond acceptors (Lipinski definition) is 1. The minimum atomic E-state index is -2.29. The zero-order valence-corrected chi connectivity index (χ0v) is 14.2. The first-order valence-electron chi connectivity index (χ1n) is 7.51. The fraction of sp³-hybridized carbons (Fsp3) is 0.263. The molecular formula is C19H22OSi. The van der Waals surface area contributed by atoms with Crippen LogP contribution in [0.1, 0.15) is 31.4 Å². The average Bonchev–Trinajstić information content (AvgIpc) is 3.01. The second kappa shape index (κ2) is 4.97. The Morgan fingerprint density at radius 1 is 1.14 bits per heavy atom. The summed E-state index contributed by atoms with van der Waals surface area (Å²) in [6.45, 7) is 8.36. The van der Waals surface area contributed by atoms with E-state index in [1.54, 1.807) is 0 Å².